The molecule has 0 saturated heterocycles. The normalized spacial score (nSPS) is 11.5. The Balaban J connectivity index is 2.77. The van der Waals surface area contributed by atoms with E-state index in [9.17, 15) is 0 Å². The van der Waals surface area contributed by atoms with Crippen molar-refractivity contribution in [1.29, 1.82) is 0 Å². The highest BCUT2D eigenvalue weighted by Crippen LogP contribution is 2.24. The lowest BCUT2D eigenvalue weighted by atomic mass is 9.97. The highest BCUT2D eigenvalue weighted by atomic mass is 35.5. The SMILES string of the molecule is Cc1ccnc(Cl)c1NCC(C)(C)C. The van der Waals surface area contributed by atoms with Crippen molar-refractivity contribution in [2.45, 2.75) is 27.7 Å². The van der Waals surface area contributed by atoms with Crippen LogP contribution < -0.4 is 5.32 Å². The van der Waals surface area contributed by atoms with Gasteiger partial charge in [0.05, 0.1) is 5.69 Å². The van der Waals surface area contributed by atoms with Crippen molar-refractivity contribution in [1.82, 2.24) is 4.98 Å². The van der Waals surface area contributed by atoms with E-state index in [1.807, 2.05) is 13.0 Å². The van der Waals surface area contributed by atoms with E-state index >= 15 is 0 Å². The number of hydrogen-bond acceptors (Lipinski definition) is 2. The van der Waals surface area contributed by atoms with Crippen LogP contribution in [-0.4, -0.2) is 11.5 Å². The second kappa shape index (κ2) is 4.18. The van der Waals surface area contributed by atoms with Gasteiger partial charge in [-0.25, -0.2) is 4.98 Å². The minimum absolute atomic E-state index is 0.242. The highest BCUT2D eigenvalue weighted by molar-refractivity contribution is 6.32. The van der Waals surface area contributed by atoms with E-state index in [-0.39, 0.29) is 5.41 Å². The number of halogens is 1. The van der Waals surface area contributed by atoms with Gasteiger partial charge in [0.2, 0.25) is 0 Å². The van der Waals surface area contributed by atoms with Gasteiger partial charge in [-0.2, -0.15) is 0 Å². The fourth-order valence-electron chi connectivity index (χ4n) is 1.09. The number of rotatable bonds is 2. The van der Waals surface area contributed by atoms with Crippen LogP contribution in [0.4, 0.5) is 5.69 Å². The maximum absolute atomic E-state index is 5.98. The summed E-state index contributed by atoms with van der Waals surface area (Å²) in [5.41, 5.74) is 2.32. The number of nitrogens with zero attached hydrogens (tertiary/aromatic N) is 1. The summed E-state index contributed by atoms with van der Waals surface area (Å²) in [4.78, 5) is 4.04. The molecule has 1 rings (SSSR count). The van der Waals surface area contributed by atoms with Gasteiger partial charge in [0.25, 0.3) is 0 Å². The number of aromatic nitrogens is 1. The molecule has 14 heavy (non-hydrogen) atoms. The van der Waals surface area contributed by atoms with Crippen molar-refractivity contribution in [3.05, 3.63) is 23.0 Å². The molecule has 1 aromatic heterocycles. The van der Waals surface area contributed by atoms with Crippen molar-refractivity contribution in [2.24, 2.45) is 5.41 Å². The minimum Gasteiger partial charge on any atom is -0.382 e. The molecule has 2 nitrogen and oxygen atoms in total. The third-order valence-electron chi connectivity index (χ3n) is 1.91. The molecule has 1 heterocycles. The van der Waals surface area contributed by atoms with Crippen LogP contribution in [0.3, 0.4) is 0 Å². The fraction of sp³-hybridized carbons (Fsp3) is 0.545. The molecule has 0 saturated carbocycles. The van der Waals surface area contributed by atoms with Crippen LogP contribution >= 0.6 is 11.6 Å². The van der Waals surface area contributed by atoms with Crippen LogP contribution in [0.1, 0.15) is 26.3 Å². The molecule has 0 radical (unpaired) electrons. The number of pyridine rings is 1. The van der Waals surface area contributed by atoms with Gasteiger partial charge in [-0.3, -0.25) is 0 Å². The van der Waals surface area contributed by atoms with Gasteiger partial charge in [-0.1, -0.05) is 32.4 Å². The summed E-state index contributed by atoms with van der Waals surface area (Å²) < 4.78 is 0. The second-order valence-corrected chi connectivity index (χ2v) is 5.07. The Hall–Kier alpha value is -0.760. The van der Waals surface area contributed by atoms with Gasteiger partial charge in [0.15, 0.2) is 5.15 Å². The van der Waals surface area contributed by atoms with Crippen LogP contribution in [-0.2, 0) is 0 Å². The first kappa shape index (κ1) is 11.3. The van der Waals surface area contributed by atoms with E-state index in [4.69, 9.17) is 11.6 Å². The Morgan fingerprint density at radius 3 is 2.57 bits per heavy atom. The zero-order valence-electron chi connectivity index (χ0n) is 9.19. The van der Waals surface area contributed by atoms with Gasteiger partial charge >= 0.3 is 0 Å². The molecule has 78 valence electrons. The molecule has 0 aliphatic heterocycles. The minimum atomic E-state index is 0.242. The Bertz CT molecular complexity index is 295. The van der Waals surface area contributed by atoms with Gasteiger partial charge in [0.1, 0.15) is 0 Å². The van der Waals surface area contributed by atoms with Crippen molar-refractivity contribution in [2.75, 3.05) is 11.9 Å². The molecule has 0 amide bonds. The summed E-state index contributed by atoms with van der Waals surface area (Å²) in [6, 6.07) is 1.96. The maximum Gasteiger partial charge on any atom is 0.152 e. The third-order valence-corrected chi connectivity index (χ3v) is 2.20. The summed E-state index contributed by atoms with van der Waals surface area (Å²) in [5, 5.41) is 3.88. The Morgan fingerprint density at radius 1 is 1.43 bits per heavy atom. The molecule has 0 bridgehead atoms. The van der Waals surface area contributed by atoms with Crippen molar-refractivity contribution in [3.63, 3.8) is 0 Å². The van der Waals surface area contributed by atoms with Gasteiger partial charge in [-0.05, 0) is 24.0 Å². The smallest absolute Gasteiger partial charge is 0.152 e. The highest BCUT2D eigenvalue weighted by Gasteiger charge is 2.11. The lowest BCUT2D eigenvalue weighted by Crippen LogP contribution is -2.19. The van der Waals surface area contributed by atoms with Crippen LogP contribution in [0.5, 0.6) is 0 Å². The quantitative estimate of drug-likeness (QED) is 0.760. The lowest BCUT2D eigenvalue weighted by molar-refractivity contribution is 0.443. The molecule has 0 aromatic carbocycles. The average molecular weight is 213 g/mol. The molecule has 0 fully saturated rings. The third kappa shape index (κ3) is 3.18. The summed E-state index contributed by atoms with van der Waals surface area (Å²) in [7, 11) is 0. The molecular formula is C11H17ClN2. The maximum atomic E-state index is 5.98. The number of aryl methyl sites for hydroxylation is 1. The van der Waals surface area contributed by atoms with Crippen LogP contribution in [0.15, 0.2) is 12.3 Å². The lowest BCUT2D eigenvalue weighted by Gasteiger charge is -2.20. The monoisotopic (exact) mass is 212 g/mol. The summed E-state index contributed by atoms with van der Waals surface area (Å²) >= 11 is 5.98. The van der Waals surface area contributed by atoms with Crippen molar-refractivity contribution in [3.8, 4) is 0 Å². The standard InChI is InChI=1S/C11H17ClN2/c1-8-5-6-13-10(12)9(8)14-7-11(2,3)4/h5-6,14H,7H2,1-4H3. The van der Waals surface area contributed by atoms with E-state index in [2.05, 4.69) is 31.1 Å². The van der Waals surface area contributed by atoms with Gasteiger partial charge in [0, 0.05) is 12.7 Å². The largest absolute Gasteiger partial charge is 0.382 e. The molecule has 1 N–H and O–H groups in total. The summed E-state index contributed by atoms with van der Waals surface area (Å²) in [6.07, 6.45) is 1.72. The van der Waals surface area contributed by atoms with E-state index in [1.54, 1.807) is 6.20 Å². The van der Waals surface area contributed by atoms with Crippen LogP contribution in [0.25, 0.3) is 0 Å². The molecule has 0 aliphatic carbocycles. The van der Waals surface area contributed by atoms with Crippen LogP contribution in [0, 0.1) is 12.3 Å². The second-order valence-electron chi connectivity index (χ2n) is 4.71. The summed E-state index contributed by atoms with van der Waals surface area (Å²) in [6.45, 7) is 9.45. The summed E-state index contributed by atoms with van der Waals surface area (Å²) in [5.74, 6) is 0. The fourth-order valence-corrected chi connectivity index (χ4v) is 1.36. The Kier molecular flexibility index (Phi) is 3.38. The first-order chi connectivity index (χ1) is 6.40. The first-order valence-electron chi connectivity index (χ1n) is 4.75. The molecule has 1 aromatic rings. The number of hydrogen-bond donors (Lipinski definition) is 1. The van der Waals surface area contributed by atoms with Crippen molar-refractivity contribution >= 4 is 17.3 Å². The predicted octanol–water partition coefficient (Wildman–Crippen LogP) is 3.50. The number of nitrogens with one attached hydrogen (secondary N) is 1. The zero-order valence-corrected chi connectivity index (χ0v) is 9.94. The molecule has 3 heteroatoms. The molecule has 0 spiro atoms. The molecular weight excluding hydrogens is 196 g/mol. The first-order valence-corrected chi connectivity index (χ1v) is 5.13. The Labute approximate surface area is 90.7 Å². The topological polar surface area (TPSA) is 24.9 Å². The van der Waals surface area contributed by atoms with Crippen LogP contribution in [0.2, 0.25) is 5.15 Å². The Morgan fingerprint density at radius 2 is 2.07 bits per heavy atom. The molecule has 0 unspecified atom stereocenters. The molecule has 0 atom stereocenters. The van der Waals surface area contributed by atoms with Crippen molar-refractivity contribution < 1.29 is 0 Å². The molecule has 0 aliphatic rings. The zero-order chi connectivity index (χ0) is 10.8. The van der Waals surface area contributed by atoms with E-state index in [0.29, 0.717) is 5.15 Å². The van der Waals surface area contributed by atoms with Gasteiger partial charge < -0.3 is 5.32 Å². The van der Waals surface area contributed by atoms with E-state index in [1.165, 1.54) is 0 Å². The van der Waals surface area contributed by atoms with E-state index < -0.39 is 0 Å². The predicted molar refractivity (Wildman–Crippen MR) is 61.9 cm³/mol. The van der Waals surface area contributed by atoms with Gasteiger partial charge in [-0.15, -0.1) is 0 Å². The van der Waals surface area contributed by atoms with E-state index in [0.717, 1.165) is 17.8 Å². The number of anilines is 1. The average Bonchev–Trinajstić information content (AvgIpc) is 2.01.